The summed E-state index contributed by atoms with van der Waals surface area (Å²) in [7, 11) is 0. The van der Waals surface area contributed by atoms with Gasteiger partial charge in [0.05, 0.1) is 5.69 Å². The van der Waals surface area contributed by atoms with Crippen LogP contribution in [0.2, 0.25) is 0 Å². The molecular formula is C14H12F6N4O3. The number of benzene rings is 1. The van der Waals surface area contributed by atoms with Gasteiger partial charge < -0.3 is 10.8 Å². The van der Waals surface area contributed by atoms with Gasteiger partial charge in [0.15, 0.2) is 0 Å². The zero-order chi connectivity index (χ0) is 20.8. The first-order valence-electron chi connectivity index (χ1n) is 6.92. The predicted molar refractivity (Wildman–Crippen MR) is 79.8 cm³/mol. The van der Waals surface area contributed by atoms with Gasteiger partial charge in [0, 0.05) is 18.5 Å². The van der Waals surface area contributed by atoms with E-state index in [9.17, 15) is 31.1 Å². The van der Waals surface area contributed by atoms with Crippen LogP contribution in [0.25, 0.3) is 5.69 Å². The third kappa shape index (κ3) is 6.29. The molecule has 0 saturated carbocycles. The molecular weight excluding hydrogens is 386 g/mol. The van der Waals surface area contributed by atoms with Gasteiger partial charge in [-0.3, -0.25) is 0 Å². The molecule has 0 radical (unpaired) electrons. The molecule has 0 fully saturated rings. The summed E-state index contributed by atoms with van der Waals surface area (Å²) in [6.45, 7) is -0.340. The van der Waals surface area contributed by atoms with Crippen molar-refractivity contribution in [1.82, 2.24) is 14.8 Å². The van der Waals surface area contributed by atoms with Crippen LogP contribution < -0.4 is 11.4 Å². The SMILES string of the molecule is NCC(Cc1n[nH]c(=O)n1-c1ccc(F)cc1)=C(F)F.O=C(O)C(F)(F)F. The number of alkyl halides is 3. The molecule has 0 atom stereocenters. The van der Waals surface area contributed by atoms with Gasteiger partial charge in [-0.1, -0.05) is 0 Å². The van der Waals surface area contributed by atoms with Gasteiger partial charge in [0.1, 0.15) is 11.6 Å². The van der Waals surface area contributed by atoms with Gasteiger partial charge in [-0.15, -0.1) is 0 Å². The Morgan fingerprint density at radius 2 is 1.74 bits per heavy atom. The van der Waals surface area contributed by atoms with Crippen LogP contribution >= 0.6 is 0 Å². The fourth-order valence-corrected chi connectivity index (χ4v) is 1.71. The monoisotopic (exact) mass is 398 g/mol. The van der Waals surface area contributed by atoms with E-state index in [-0.39, 0.29) is 24.4 Å². The number of carboxylic acids is 1. The van der Waals surface area contributed by atoms with E-state index in [1.54, 1.807) is 0 Å². The predicted octanol–water partition coefficient (Wildman–Crippen LogP) is 1.98. The molecule has 0 spiro atoms. The highest BCUT2D eigenvalue weighted by Crippen LogP contribution is 2.15. The fraction of sp³-hybridized carbons (Fsp3) is 0.214. The molecule has 13 heteroatoms. The van der Waals surface area contributed by atoms with Crippen molar-refractivity contribution in [3.8, 4) is 5.69 Å². The molecule has 0 unspecified atom stereocenters. The molecule has 4 N–H and O–H groups in total. The molecule has 2 rings (SSSR count). The summed E-state index contributed by atoms with van der Waals surface area (Å²) in [6, 6.07) is 5.03. The van der Waals surface area contributed by atoms with E-state index in [1.807, 2.05) is 0 Å². The summed E-state index contributed by atoms with van der Waals surface area (Å²) in [4.78, 5) is 20.6. The van der Waals surface area contributed by atoms with Crippen molar-refractivity contribution in [3.05, 3.63) is 58.0 Å². The van der Waals surface area contributed by atoms with Gasteiger partial charge in [-0.2, -0.15) is 27.1 Å². The Bertz CT molecular complexity index is 866. The smallest absolute Gasteiger partial charge is 0.475 e. The maximum Gasteiger partial charge on any atom is 0.490 e. The van der Waals surface area contributed by atoms with Crippen LogP contribution in [0.1, 0.15) is 5.82 Å². The summed E-state index contributed by atoms with van der Waals surface area (Å²) in [6.07, 6.45) is -7.25. The largest absolute Gasteiger partial charge is 0.490 e. The molecule has 0 bridgehead atoms. The average Bonchev–Trinajstić information content (AvgIpc) is 2.93. The van der Waals surface area contributed by atoms with Gasteiger partial charge in [0.2, 0.25) is 0 Å². The van der Waals surface area contributed by atoms with Crippen molar-refractivity contribution in [1.29, 1.82) is 0 Å². The van der Waals surface area contributed by atoms with Crippen LogP contribution in [0, 0.1) is 5.82 Å². The third-order valence-electron chi connectivity index (χ3n) is 2.95. The Balaban J connectivity index is 0.000000445. The van der Waals surface area contributed by atoms with E-state index in [0.717, 1.165) is 16.7 Å². The van der Waals surface area contributed by atoms with Crippen molar-refractivity contribution in [2.75, 3.05) is 6.54 Å². The topological polar surface area (TPSA) is 114 Å². The van der Waals surface area contributed by atoms with E-state index in [2.05, 4.69) is 10.2 Å². The van der Waals surface area contributed by atoms with Crippen molar-refractivity contribution in [2.45, 2.75) is 12.6 Å². The Morgan fingerprint density at radius 3 is 2.15 bits per heavy atom. The van der Waals surface area contributed by atoms with Crippen LogP contribution in [0.3, 0.4) is 0 Å². The number of aromatic amines is 1. The van der Waals surface area contributed by atoms with Crippen LogP contribution in [-0.4, -0.2) is 38.6 Å². The van der Waals surface area contributed by atoms with Crippen LogP contribution in [0.15, 0.2) is 40.7 Å². The van der Waals surface area contributed by atoms with E-state index in [0.29, 0.717) is 5.69 Å². The molecule has 1 aromatic heterocycles. The lowest BCUT2D eigenvalue weighted by Gasteiger charge is -2.06. The molecule has 148 valence electrons. The highest BCUT2D eigenvalue weighted by molar-refractivity contribution is 5.73. The first-order valence-corrected chi connectivity index (χ1v) is 6.92. The van der Waals surface area contributed by atoms with Crippen LogP contribution in [0.5, 0.6) is 0 Å². The number of nitrogens with one attached hydrogen (secondary N) is 1. The molecule has 1 aromatic carbocycles. The average molecular weight is 398 g/mol. The Morgan fingerprint density at radius 1 is 1.22 bits per heavy atom. The Labute approximate surface area is 146 Å². The summed E-state index contributed by atoms with van der Waals surface area (Å²) >= 11 is 0. The lowest BCUT2D eigenvalue weighted by Crippen LogP contribution is -2.21. The normalized spacial score (nSPS) is 10.8. The number of H-pyrrole nitrogens is 1. The van der Waals surface area contributed by atoms with E-state index in [4.69, 9.17) is 15.6 Å². The standard InChI is InChI=1S/C12H11F3N4O.C2HF3O2/c13-8-1-3-9(4-2-8)19-10(17-18-12(19)20)5-7(6-16)11(14)15;3-2(4,5)1(6)7/h1-4H,5-6,16H2,(H,18,20);(H,6,7). The number of rotatable bonds is 4. The Hall–Kier alpha value is -3.09. The van der Waals surface area contributed by atoms with Crippen LogP contribution in [0.4, 0.5) is 26.3 Å². The first-order chi connectivity index (χ1) is 12.5. The lowest BCUT2D eigenvalue weighted by atomic mass is 10.2. The molecule has 0 aliphatic rings. The molecule has 1 heterocycles. The van der Waals surface area contributed by atoms with Crippen molar-refractivity contribution in [2.24, 2.45) is 5.73 Å². The quantitative estimate of drug-likeness (QED) is 0.682. The van der Waals surface area contributed by atoms with E-state index < -0.39 is 29.7 Å². The van der Waals surface area contributed by atoms with Crippen molar-refractivity contribution < 1.29 is 36.2 Å². The van der Waals surface area contributed by atoms with E-state index in [1.165, 1.54) is 12.1 Å². The summed E-state index contributed by atoms with van der Waals surface area (Å²) in [5.41, 5.74) is 4.65. The van der Waals surface area contributed by atoms with Gasteiger partial charge in [-0.25, -0.2) is 23.6 Å². The number of aliphatic carboxylic acids is 1. The van der Waals surface area contributed by atoms with Gasteiger partial charge >= 0.3 is 17.8 Å². The minimum atomic E-state index is -5.08. The Kier molecular flexibility index (Phi) is 7.34. The molecule has 0 amide bonds. The van der Waals surface area contributed by atoms with Crippen LogP contribution in [-0.2, 0) is 11.2 Å². The number of carbonyl (C=O) groups is 1. The first kappa shape index (κ1) is 22.0. The summed E-state index contributed by atoms with van der Waals surface area (Å²) in [5.74, 6) is -3.15. The molecule has 0 aliphatic carbocycles. The minimum absolute atomic E-state index is 0.0786. The summed E-state index contributed by atoms with van der Waals surface area (Å²) in [5, 5.41) is 13.0. The second kappa shape index (κ2) is 9.02. The molecule has 7 nitrogen and oxygen atoms in total. The number of nitrogens with two attached hydrogens (primary N) is 1. The summed E-state index contributed by atoms with van der Waals surface area (Å²) < 4.78 is 70.9. The van der Waals surface area contributed by atoms with Crippen molar-refractivity contribution >= 4 is 5.97 Å². The number of aromatic nitrogens is 3. The highest BCUT2D eigenvalue weighted by atomic mass is 19.4. The zero-order valence-corrected chi connectivity index (χ0v) is 13.2. The van der Waals surface area contributed by atoms with Gasteiger partial charge in [-0.05, 0) is 24.3 Å². The van der Waals surface area contributed by atoms with Crippen molar-refractivity contribution in [3.63, 3.8) is 0 Å². The molecule has 2 aromatic rings. The zero-order valence-electron chi connectivity index (χ0n) is 13.2. The second-order valence-corrected chi connectivity index (χ2v) is 4.80. The van der Waals surface area contributed by atoms with Gasteiger partial charge in [0.25, 0.3) is 6.08 Å². The minimum Gasteiger partial charge on any atom is -0.475 e. The molecule has 0 saturated heterocycles. The molecule has 0 aliphatic heterocycles. The highest BCUT2D eigenvalue weighted by Gasteiger charge is 2.38. The maximum absolute atomic E-state index is 12.9. The molecule has 27 heavy (non-hydrogen) atoms. The number of nitrogens with zero attached hydrogens (tertiary/aromatic N) is 2. The second-order valence-electron chi connectivity index (χ2n) is 4.80. The number of hydrogen-bond acceptors (Lipinski definition) is 4. The number of carboxylic acid groups (broad SMARTS) is 1. The number of halogens is 6. The third-order valence-corrected chi connectivity index (χ3v) is 2.95. The fourth-order valence-electron chi connectivity index (χ4n) is 1.71. The number of hydrogen-bond donors (Lipinski definition) is 3. The lowest BCUT2D eigenvalue weighted by molar-refractivity contribution is -0.192. The van der Waals surface area contributed by atoms with E-state index >= 15 is 0 Å². The maximum atomic E-state index is 12.9.